The van der Waals surface area contributed by atoms with Crippen molar-refractivity contribution in [1.82, 2.24) is 10.2 Å². The lowest BCUT2D eigenvalue weighted by molar-refractivity contribution is 0.103. The number of nitrogens with zero attached hydrogens (tertiary/aromatic N) is 1. The van der Waals surface area contributed by atoms with Crippen LogP contribution in [0.15, 0.2) is 0 Å². The average Bonchev–Trinajstić information content (AvgIpc) is 2.88. The van der Waals surface area contributed by atoms with E-state index in [1.165, 1.54) is 38.6 Å². The van der Waals surface area contributed by atoms with E-state index in [0.29, 0.717) is 5.41 Å². The van der Waals surface area contributed by atoms with Crippen molar-refractivity contribution in [2.24, 2.45) is 5.41 Å². The van der Waals surface area contributed by atoms with Gasteiger partial charge in [0.2, 0.25) is 0 Å². The number of nitrogens with one attached hydrogen (secondary N) is 1. The van der Waals surface area contributed by atoms with Gasteiger partial charge in [0.15, 0.2) is 0 Å². The summed E-state index contributed by atoms with van der Waals surface area (Å²) < 4.78 is 5.61. The Bertz CT molecular complexity index is 208. The van der Waals surface area contributed by atoms with Crippen LogP contribution < -0.4 is 5.32 Å². The van der Waals surface area contributed by atoms with Crippen LogP contribution >= 0.6 is 0 Å². The lowest BCUT2D eigenvalue weighted by Gasteiger charge is -2.35. The second-order valence-corrected chi connectivity index (χ2v) is 5.69. The second kappa shape index (κ2) is 5.48. The summed E-state index contributed by atoms with van der Waals surface area (Å²) in [6.45, 7) is 4.16. The zero-order valence-electron chi connectivity index (χ0n) is 10.8. The Hall–Kier alpha value is -0.120. The molecule has 94 valence electrons. The van der Waals surface area contributed by atoms with E-state index in [-0.39, 0.29) is 0 Å². The summed E-state index contributed by atoms with van der Waals surface area (Å²) in [5.41, 5.74) is 0.367. The first kappa shape index (κ1) is 12.3. The molecule has 0 spiro atoms. The van der Waals surface area contributed by atoms with E-state index in [1.807, 2.05) is 0 Å². The molecule has 1 heterocycles. The number of rotatable bonds is 5. The van der Waals surface area contributed by atoms with Gasteiger partial charge >= 0.3 is 0 Å². The molecule has 1 saturated carbocycles. The highest BCUT2D eigenvalue weighted by Crippen LogP contribution is 2.31. The summed E-state index contributed by atoms with van der Waals surface area (Å²) >= 11 is 0. The van der Waals surface area contributed by atoms with Gasteiger partial charge in [0.1, 0.15) is 0 Å². The highest BCUT2D eigenvalue weighted by atomic mass is 16.5. The zero-order valence-corrected chi connectivity index (χ0v) is 10.8. The average molecular weight is 226 g/mol. The molecule has 3 heteroatoms. The van der Waals surface area contributed by atoms with E-state index in [9.17, 15) is 0 Å². The monoisotopic (exact) mass is 226 g/mol. The molecule has 0 aromatic rings. The van der Waals surface area contributed by atoms with Crippen LogP contribution in [0.1, 0.15) is 32.1 Å². The highest BCUT2D eigenvalue weighted by molar-refractivity contribution is 4.89. The molecule has 2 rings (SSSR count). The van der Waals surface area contributed by atoms with Crippen molar-refractivity contribution in [2.75, 3.05) is 40.4 Å². The molecule has 0 radical (unpaired) electrons. The van der Waals surface area contributed by atoms with Crippen LogP contribution in [0.4, 0.5) is 0 Å². The minimum absolute atomic E-state index is 0.367. The van der Waals surface area contributed by atoms with E-state index in [4.69, 9.17) is 4.74 Å². The molecule has 1 saturated heterocycles. The molecular formula is C13H26N2O. The van der Waals surface area contributed by atoms with E-state index >= 15 is 0 Å². The minimum Gasteiger partial charge on any atom is -0.381 e. The molecule has 1 atom stereocenters. The zero-order chi connectivity index (χ0) is 11.4. The molecule has 1 aliphatic carbocycles. The maximum atomic E-state index is 5.61. The molecule has 0 aromatic heterocycles. The summed E-state index contributed by atoms with van der Waals surface area (Å²) in [6.07, 6.45) is 6.85. The van der Waals surface area contributed by atoms with Crippen molar-refractivity contribution in [3.8, 4) is 0 Å². The minimum atomic E-state index is 0.367. The Morgan fingerprint density at radius 2 is 2.12 bits per heavy atom. The summed E-state index contributed by atoms with van der Waals surface area (Å²) in [6, 6.07) is 0.828. The molecule has 16 heavy (non-hydrogen) atoms. The van der Waals surface area contributed by atoms with Crippen molar-refractivity contribution in [1.29, 1.82) is 0 Å². The third-order valence-corrected chi connectivity index (χ3v) is 4.27. The van der Waals surface area contributed by atoms with Crippen LogP contribution in [0.3, 0.4) is 0 Å². The van der Waals surface area contributed by atoms with Gasteiger partial charge in [-0.2, -0.15) is 0 Å². The van der Waals surface area contributed by atoms with Gasteiger partial charge < -0.3 is 15.0 Å². The first-order valence-electron chi connectivity index (χ1n) is 6.68. The lowest BCUT2D eigenvalue weighted by atomic mass is 9.86. The van der Waals surface area contributed by atoms with Crippen molar-refractivity contribution in [2.45, 2.75) is 38.1 Å². The first-order chi connectivity index (χ1) is 7.76. The first-order valence-corrected chi connectivity index (χ1v) is 6.68. The quantitative estimate of drug-likeness (QED) is 0.768. The van der Waals surface area contributed by atoms with Gasteiger partial charge in [0.05, 0.1) is 6.61 Å². The third kappa shape index (κ3) is 2.76. The van der Waals surface area contributed by atoms with Crippen LogP contribution in [-0.4, -0.2) is 51.3 Å². The number of hydrogen-bond acceptors (Lipinski definition) is 3. The predicted molar refractivity (Wildman–Crippen MR) is 66.7 cm³/mol. The molecule has 3 nitrogen and oxygen atoms in total. The fourth-order valence-electron chi connectivity index (χ4n) is 3.35. The smallest absolute Gasteiger partial charge is 0.0547 e. The normalized spacial score (nSPS) is 31.7. The van der Waals surface area contributed by atoms with E-state index in [2.05, 4.69) is 24.3 Å². The van der Waals surface area contributed by atoms with Gasteiger partial charge in [-0.05, 0) is 33.4 Å². The summed E-state index contributed by atoms with van der Waals surface area (Å²) in [4.78, 5) is 2.58. The summed E-state index contributed by atoms with van der Waals surface area (Å²) in [7, 11) is 4.35. The fraction of sp³-hybridized carbons (Fsp3) is 1.00. The molecule has 1 aliphatic heterocycles. The van der Waals surface area contributed by atoms with E-state index in [0.717, 1.165) is 25.8 Å². The molecule has 0 aromatic carbocycles. The second-order valence-electron chi connectivity index (χ2n) is 5.69. The van der Waals surface area contributed by atoms with E-state index < -0.39 is 0 Å². The van der Waals surface area contributed by atoms with Crippen molar-refractivity contribution < 1.29 is 4.74 Å². The number of hydrogen-bond donors (Lipinski definition) is 1. The topological polar surface area (TPSA) is 24.5 Å². The molecule has 1 unspecified atom stereocenters. The van der Waals surface area contributed by atoms with Gasteiger partial charge in [0.25, 0.3) is 0 Å². The SMILES string of the molecule is CNCC1(CN(C)C2CCCC2)CCOC1. The summed E-state index contributed by atoms with van der Waals surface area (Å²) in [5, 5.41) is 3.34. The van der Waals surface area contributed by atoms with Crippen LogP contribution in [0.25, 0.3) is 0 Å². The molecule has 1 N–H and O–H groups in total. The molecule has 2 fully saturated rings. The van der Waals surface area contributed by atoms with Gasteiger partial charge in [-0.1, -0.05) is 12.8 Å². The maximum absolute atomic E-state index is 5.61. The highest BCUT2D eigenvalue weighted by Gasteiger charge is 2.36. The van der Waals surface area contributed by atoms with Gasteiger partial charge in [-0.25, -0.2) is 0 Å². The Morgan fingerprint density at radius 3 is 2.69 bits per heavy atom. The summed E-state index contributed by atoms with van der Waals surface area (Å²) in [5.74, 6) is 0. The molecule has 0 amide bonds. The van der Waals surface area contributed by atoms with Crippen molar-refractivity contribution >= 4 is 0 Å². The Balaban J connectivity index is 1.89. The van der Waals surface area contributed by atoms with Crippen LogP contribution in [0, 0.1) is 5.41 Å². The molecular weight excluding hydrogens is 200 g/mol. The van der Waals surface area contributed by atoms with Gasteiger partial charge in [-0.15, -0.1) is 0 Å². The van der Waals surface area contributed by atoms with Gasteiger partial charge in [-0.3, -0.25) is 0 Å². The maximum Gasteiger partial charge on any atom is 0.0547 e. The van der Waals surface area contributed by atoms with Crippen LogP contribution in [0.2, 0.25) is 0 Å². The van der Waals surface area contributed by atoms with Crippen molar-refractivity contribution in [3.63, 3.8) is 0 Å². The fourth-order valence-corrected chi connectivity index (χ4v) is 3.35. The van der Waals surface area contributed by atoms with Gasteiger partial charge in [0, 0.05) is 31.2 Å². The number of ether oxygens (including phenoxy) is 1. The standard InChI is InChI=1S/C13H26N2O/c1-14-9-13(7-8-16-11-13)10-15(2)12-5-3-4-6-12/h12,14H,3-11H2,1-2H3. The van der Waals surface area contributed by atoms with Crippen molar-refractivity contribution in [3.05, 3.63) is 0 Å². The Morgan fingerprint density at radius 1 is 1.38 bits per heavy atom. The largest absolute Gasteiger partial charge is 0.381 e. The van der Waals surface area contributed by atoms with Crippen LogP contribution in [0.5, 0.6) is 0 Å². The Kier molecular flexibility index (Phi) is 4.22. The molecule has 0 bridgehead atoms. The Labute approximate surface area is 99.5 Å². The third-order valence-electron chi connectivity index (χ3n) is 4.27. The van der Waals surface area contributed by atoms with Crippen LogP contribution in [-0.2, 0) is 4.74 Å². The molecule has 2 aliphatic rings. The van der Waals surface area contributed by atoms with E-state index in [1.54, 1.807) is 0 Å². The predicted octanol–water partition coefficient (Wildman–Crippen LogP) is 1.49. The lowest BCUT2D eigenvalue weighted by Crippen LogP contribution is -2.45.